The maximum Gasteiger partial charge on any atom is 0.254 e. The number of sulfonamides is 1. The molecule has 0 bridgehead atoms. The van der Waals surface area contributed by atoms with Gasteiger partial charge in [-0.2, -0.15) is 4.31 Å². The molecule has 1 fully saturated rings. The van der Waals surface area contributed by atoms with Crippen molar-refractivity contribution >= 4 is 53.9 Å². The minimum absolute atomic E-state index is 0.115. The second kappa shape index (κ2) is 9.74. The van der Waals surface area contributed by atoms with E-state index in [1.54, 1.807) is 30.8 Å². The molecule has 0 amide bonds. The molecule has 4 aromatic heterocycles. The predicted octanol–water partition coefficient (Wildman–Crippen LogP) is 2.91. The summed E-state index contributed by atoms with van der Waals surface area (Å²) in [5.74, 6) is 0.808. The average molecular weight is 531 g/mol. The molecule has 0 aliphatic carbocycles. The summed E-state index contributed by atoms with van der Waals surface area (Å²) in [6.45, 7) is 6.74. The predicted molar refractivity (Wildman–Crippen MR) is 140 cm³/mol. The first-order chi connectivity index (χ1) is 16.8. The van der Waals surface area contributed by atoms with Crippen molar-refractivity contribution < 1.29 is 8.42 Å². The highest BCUT2D eigenvalue weighted by atomic mass is 32.2. The van der Waals surface area contributed by atoms with Crippen molar-refractivity contribution in [2.24, 2.45) is 0 Å². The highest BCUT2D eigenvalue weighted by Gasteiger charge is 2.32. The van der Waals surface area contributed by atoms with Crippen molar-refractivity contribution in [1.29, 1.82) is 0 Å². The molecule has 5 rings (SSSR count). The van der Waals surface area contributed by atoms with Gasteiger partial charge in [0.2, 0.25) is 0 Å². The summed E-state index contributed by atoms with van der Waals surface area (Å²) in [6, 6.07) is 4.06. The molecule has 10 nitrogen and oxygen atoms in total. The zero-order chi connectivity index (χ0) is 24.6. The Balaban J connectivity index is 1.22. The zero-order valence-corrected chi connectivity index (χ0v) is 21.8. The van der Waals surface area contributed by atoms with E-state index in [1.165, 1.54) is 4.31 Å². The first-order valence-electron chi connectivity index (χ1n) is 11.2. The number of piperazine rings is 1. The van der Waals surface area contributed by atoms with E-state index in [-0.39, 0.29) is 15.4 Å². The summed E-state index contributed by atoms with van der Waals surface area (Å²) in [5.41, 5.74) is 9.16. The first kappa shape index (κ1) is 24.0. The van der Waals surface area contributed by atoms with Gasteiger partial charge in [0.15, 0.2) is 9.34 Å². The van der Waals surface area contributed by atoms with Crippen LogP contribution in [-0.4, -0.2) is 76.3 Å². The number of thiophene rings is 1. The highest BCUT2D eigenvalue weighted by Crippen LogP contribution is 2.35. The van der Waals surface area contributed by atoms with Gasteiger partial charge in [-0.05, 0) is 19.9 Å². The van der Waals surface area contributed by atoms with Crippen LogP contribution in [0.15, 0.2) is 40.4 Å². The Hall–Kier alpha value is -2.71. The van der Waals surface area contributed by atoms with E-state index in [4.69, 9.17) is 5.73 Å². The molecule has 1 unspecified atom stereocenters. The topological polar surface area (TPSA) is 130 Å². The Morgan fingerprint density at radius 1 is 1.23 bits per heavy atom. The second-order valence-corrected chi connectivity index (χ2v) is 12.5. The molecule has 184 valence electrons. The Kier molecular flexibility index (Phi) is 6.68. The Bertz CT molecular complexity index is 1430. The molecular formula is C22H26N8O2S3. The largest absolute Gasteiger partial charge is 0.375 e. The van der Waals surface area contributed by atoms with Crippen molar-refractivity contribution in [1.82, 2.24) is 29.1 Å². The second-order valence-electron chi connectivity index (χ2n) is 8.47. The van der Waals surface area contributed by atoms with Crippen molar-refractivity contribution in [3.05, 3.63) is 41.9 Å². The number of nitrogen functional groups attached to an aromatic ring is 1. The van der Waals surface area contributed by atoms with Crippen LogP contribution in [0.3, 0.4) is 0 Å². The molecule has 3 N–H and O–H groups in total. The van der Waals surface area contributed by atoms with Crippen LogP contribution in [0.25, 0.3) is 21.3 Å². The number of anilines is 2. The van der Waals surface area contributed by atoms with E-state index in [0.29, 0.717) is 31.9 Å². The lowest BCUT2D eigenvalue weighted by Crippen LogP contribution is -2.50. The number of hydrogen-bond donors (Lipinski definition) is 2. The van der Waals surface area contributed by atoms with Gasteiger partial charge in [-0.3, -0.25) is 9.88 Å². The fraction of sp³-hybridized carbons (Fsp3) is 0.364. The summed E-state index contributed by atoms with van der Waals surface area (Å²) in [4.78, 5) is 19.6. The molecule has 35 heavy (non-hydrogen) atoms. The zero-order valence-electron chi connectivity index (χ0n) is 19.4. The molecule has 0 radical (unpaired) electrons. The van der Waals surface area contributed by atoms with Crippen LogP contribution in [0, 0.1) is 6.92 Å². The van der Waals surface area contributed by atoms with Crippen molar-refractivity contribution in [3.63, 3.8) is 0 Å². The molecule has 0 aromatic carbocycles. The van der Waals surface area contributed by atoms with Gasteiger partial charge in [-0.25, -0.2) is 23.4 Å². The number of pyridine rings is 1. The van der Waals surface area contributed by atoms with E-state index in [1.807, 2.05) is 18.3 Å². The summed E-state index contributed by atoms with van der Waals surface area (Å²) < 4.78 is 28.8. The lowest BCUT2D eigenvalue weighted by molar-refractivity contribution is 0.184. The van der Waals surface area contributed by atoms with Gasteiger partial charge in [-0.1, -0.05) is 17.4 Å². The van der Waals surface area contributed by atoms with E-state index >= 15 is 0 Å². The number of rotatable bonds is 7. The fourth-order valence-corrected chi connectivity index (χ4v) is 8.10. The first-order valence-corrected chi connectivity index (χ1v) is 14.3. The minimum Gasteiger partial charge on any atom is -0.375 e. The molecule has 5 heterocycles. The minimum atomic E-state index is -3.57. The van der Waals surface area contributed by atoms with E-state index < -0.39 is 10.0 Å². The lowest BCUT2D eigenvalue weighted by Gasteiger charge is -2.35. The maximum absolute atomic E-state index is 13.0. The number of aryl methyl sites for hydroxylation is 1. The molecular weight excluding hydrogens is 504 g/mol. The Morgan fingerprint density at radius 2 is 2.03 bits per heavy atom. The lowest BCUT2D eigenvalue weighted by atomic mass is 10.1. The van der Waals surface area contributed by atoms with Gasteiger partial charge in [0.05, 0.1) is 15.9 Å². The summed E-state index contributed by atoms with van der Waals surface area (Å²) >= 11 is 2.64. The van der Waals surface area contributed by atoms with Crippen LogP contribution < -0.4 is 11.1 Å². The van der Waals surface area contributed by atoms with Crippen LogP contribution in [0.5, 0.6) is 0 Å². The molecule has 4 aromatic rings. The average Bonchev–Trinajstić information content (AvgIpc) is 3.43. The molecule has 1 aliphatic rings. The van der Waals surface area contributed by atoms with Gasteiger partial charge in [0, 0.05) is 67.7 Å². The van der Waals surface area contributed by atoms with E-state index in [0.717, 1.165) is 45.0 Å². The van der Waals surface area contributed by atoms with E-state index in [2.05, 4.69) is 42.5 Å². The van der Waals surface area contributed by atoms with Crippen LogP contribution in [-0.2, 0) is 10.0 Å². The van der Waals surface area contributed by atoms with Crippen LogP contribution >= 0.6 is 22.7 Å². The van der Waals surface area contributed by atoms with Gasteiger partial charge in [-0.15, -0.1) is 11.3 Å². The van der Waals surface area contributed by atoms with Gasteiger partial charge in [0.1, 0.15) is 12.1 Å². The number of nitrogens with zero attached hydrogens (tertiary/aromatic N) is 6. The molecule has 1 atom stereocenters. The number of nitrogens with two attached hydrogens (primary N) is 1. The third kappa shape index (κ3) is 4.86. The molecule has 13 heteroatoms. The van der Waals surface area contributed by atoms with Gasteiger partial charge < -0.3 is 11.1 Å². The summed E-state index contributed by atoms with van der Waals surface area (Å²) in [7, 11) is -3.57. The summed E-state index contributed by atoms with van der Waals surface area (Å²) in [5, 5.41) is 5.89. The molecule has 0 spiro atoms. The molecule has 1 saturated heterocycles. The third-order valence-electron chi connectivity index (χ3n) is 5.92. The number of hydrogen-bond acceptors (Lipinski definition) is 11. The number of thiazole rings is 1. The monoisotopic (exact) mass is 530 g/mol. The number of fused-ring (bicyclic) bond motifs is 1. The standard InChI is InChI=1S/C22H26N8O2S3/c1-14(11-29-6-8-30(9-7-29)35(31,32)21-15(2)28-22(23)34-21)27-20-19-18(25-13-26-20)17(12-33-19)16-4-3-5-24-10-16/h3-5,10,12-14H,6-9,11H2,1-2H3,(H2,23,28)(H,25,26,27). The van der Waals surface area contributed by atoms with Crippen molar-refractivity contribution in [2.45, 2.75) is 24.1 Å². The quantitative estimate of drug-likeness (QED) is 0.370. The normalized spacial score (nSPS) is 16.5. The van der Waals surface area contributed by atoms with E-state index in [9.17, 15) is 8.42 Å². The Labute approximate surface area is 211 Å². The third-order valence-corrected chi connectivity index (χ3v) is 10.4. The molecule has 0 saturated carbocycles. The van der Waals surface area contributed by atoms with Crippen molar-refractivity contribution in [3.8, 4) is 11.1 Å². The van der Waals surface area contributed by atoms with Crippen LogP contribution in [0.1, 0.15) is 12.6 Å². The van der Waals surface area contributed by atoms with Crippen LogP contribution in [0.4, 0.5) is 10.9 Å². The maximum atomic E-state index is 13.0. The highest BCUT2D eigenvalue weighted by molar-refractivity contribution is 7.91. The van der Waals surface area contributed by atoms with Crippen LogP contribution in [0.2, 0.25) is 0 Å². The molecule has 1 aliphatic heterocycles. The Morgan fingerprint density at radius 3 is 2.71 bits per heavy atom. The van der Waals surface area contributed by atoms with Gasteiger partial charge >= 0.3 is 0 Å². The van der Waals surface area contributed by atoms with Gasteiger partial charge in [0.25, 0.3) is 10.0 Å². The number of aromatic nitrogens is 4. The number of nitrogens with one attached hydrogen (secondary N) is 1. The SMILES string of the molecule is Cc1nc(N)sc1S(=O)(=O)N1CCN(CC(C)Nc2ncnc3c(-c4cccnc4)csc23)CC1. The summed E-state index contributed by atoms with van der Waals surface area (Å²) in [6.07, 6.45) is 5.18. The smallest absolute Gasteiger partial charge is 0.254 e. The fourth-order valence-electron chi connectivity index (χ4n) is 4.26. The van der Waals surface area contributed by atoms with Crippen molar-refractivity contribution in [2.75, 3.05) is 43.8 Å².